The third-order valence-electron chi connectivity index (χ3n) is 6.01. The van der Waals surface area contributed by atoms with Crippen molar-refractivity contribution >= 4 is 21.4 Å². The van der Waals surface area contributed by atoms with Crippen molar-refractivity contribution in [3.8, 4) is 0 Å². The van der Waals surface area contributed by atoms with Gasteiger partial charge in [-0.3, -0.25) is 4.79 Å². The molecule has 1 unspecified atom stereocenters. The topological polar surface area (TPSA) is 83.5 Å². The summed E-state index contributed by atoms with van der Waals surface area (Å²) in [6.45, 7) is 0. The first kappa shape index (κ1) is 22.8. The molecule has 4 rings (SSSR count). The van der Waals surface area contributed by atoms with Crippen LogP contribution in [0.1, 0.15) is 36.8 Å². The molecule has 0 heterocycles. The summed E-state index contributed by atoms with van der Waals surface area (Å²) in [6, 6.07) is 11.2. The van der Waals surface area contributed by atoms with Gasteiger partial charge in [-0.1, -0.05) is 24.3 Å². The number of rotatable bonds is 8. The van der Waals surface area contributed by atoms with Crippen molar-refractivity contribution in [3.63, 3.8) is 0 Å². The maximum atomic E-state index is 13.4. The zero-order valence-corrected chi connectivity index (χ0v) is 18.0. The molecule has 0 bridgehead atoms. The van der Waals surface area contributed by atoms with Gasteiger partial charge in [0, 0.05) is 11.6 Å². The Morgan fingerprint density at radius 3 is 2.06 bits per heavy atom. The van der Waals surface area contributed by atoms with Gasteiger partial charge in [-0.05, 0) is 67.0 Å². The van der Waals surface area contributed by atoms with Gasteiger partial charge in [0.15, 0.2) is 15.4 Å². The maximum absolute atomic E-state index is 13.4. The van der Waals surface area contributed by atoms with Gasteiger partial charge < -0.3 is 10.4 Å². The van der Waals surface area contributed by atoms with Gasteiger partial charge in [0.2, 0.25) is 5.91 Å². The minimum Gasteiger partial charge on any atom is -0.376 e. The lowest BCUT2D eigenvalue weighted by Gasteiger charge is -2.31. The average Bonchev–Trinajstić information content (AvgIpc) is 3.62. The van der Waals surface area contributed by atoms with Crippen LogP contribution in [0.15, 0.2) is 53.4 Å². The molecule has 172 valence electrons. The van der Waals surface area contributed by atoms with E-state index in [9.17, 15) is 31.5 Å². The molecule has 2 fully saturated rings. The normalized spacial score (nSPS) is 18.8. The molecule has 2 aromatic rings. The summed E-state index contributed by atoms with van der Waals surface area (Å²) < 4.78 is 64.9. The number of amides is 1. The van der Waals surface area contributed by atoms with Crippen molar-refractivity contribution in [1.82, 2.24) is 0 Å². The summed E-state index contributed by atoms with van der Waals surface area (Å²) in [5.74, 6) is -0.848. The van der Waals surface area contributed by atoms with Gasteiger partial charge in [0.05, 0.1) is 17.1 Å². The van der Waals surface area contributed by atoms with Crippen molar-refractivity contribution < 1.29 is 31.5 Å². The number of carbonyl (C=O) groups is 1. The molecule has 2 aromatic carbocycles. The van der Waals surface area contributed by atoms with Crippen LogP contribution in [0.5, 0.6) is 0 Å². The van der Waals surface area contributed by atoms with Crippen LogP contribution in [0, 0.1) is 11.8 Å². The SMILES string of the molecule is O=C(Cc1ccc(S(=O)(=O)CC2CC2)cc1)Nc1ccc(C(O)(C2CC2)C(F)(F)F)cc1. The van der Waals surface area contributed by atoms with Crippen LogP contribution < -0.4 is 5.32 Å². The fraction of sp³-hybridized carbons (Fsp3) is 0.435. The second-order valence-corrected chi connectivity index (χ2v) is 10.7. The molecule has 2 aliphatic rings. The molecule has 0 aromatic heterocycles. The quantitative estimate of drug-likeness (QED) is 0.609. The highest BCUT2D eigenvalue weighted by Crippen LogP contribution is 2.54. The van der Waals surface area contributed by atoms with Crippen LogP contribution in [-0.4, -0.2) is 31.4 Å². The van der Waals surface area contributed by atoms with Crippen molar-refractivity contribution in [2.75, 3.05) is 11.1 Å². The fourth-order valence-corrected chi connectivity index (χ4v) is 5.53. The van der Waals surface area contributed by atoms with Gasteiger partial charge in [-0.15, -0.1) is 0 Å². The van der Waals surface area contributed by atoms with E-state index < -0.39 is 27.5 Å². The molecule has 1 amide bonds. The number of benzene rings is 2. The van der Waals surface area contributed by atoms with Crippen molar-refractivity contribution in [2.24, 2.45) is 11.8 Å². The van der Waals surface area contributed by atoms with Crippen LogP contribution in [0.4, 0.5) is 18.9 Å². The van der Waals surface area contributed by atoms with E-state index in [0.717, 1.165) is 12.8 Å². The van der Waals surface area contributed by atoms with E-state index in [-0.39, 0.29) is 34.5 Å². The Hall–Kier alpha value is -2.39. The van der Waals surface area contributed by atoms with Gasteiger partial charge in [-0.25, -0.2) is 8.42 Å². The number of anilines is 1. The Morgan fingerprint density at radius 2 is 1.56 bits per heavy atom. The molecule has 9 heteroatoms. The van der Waals surface area contributed by atoms with E-state index in [2.05, 4.69) is 5.32 Å². The number of aliphatic hydroxyl groups is 1. The lowest BCUT2D eigenvalue weighted by atomic mass is 9.88. The fourth-order valence-electron chi connectivity index (χ4n) is 3.84. The Bertz CT molecular complexity index is 1090. The van der Waals surface area contributed by atoms with Crippen LogP contribution in [0.25, 0.3) is 0 Å². The first-order valence-electron chi connectivity index (χ1n) is 10.5. The first-order valence-corrected chi connectivity index (χ1v) is 12.2. The van der Waals surface area contributed by atoms with E-state index in [4.69, 9.17) is 0 Å². The summed E-state index contributed by atoms with van der Waals surface area (Å²) in [4.78, 5) is 12.6. The van der Waals surface area contributed by atoms with Crippen molar-refractivity contribution in [2.45, 2.75) is 48.8 Å². The largest absolute Gasteiger partial charge is 0.421 e. The number of hydrogen-bond acceptors (Lipinski definition) is 4. The standard InChI is InChI=1S/C23H24F3NO4S/c24-23(25,26)22(29,17-5-6-17)18-7-9-19(10-8-18)27-21(28)13-15-3-11-20(12-4-15)32(30,31)14-16-1-2-16/h3-4,7-12,16-17,29H,1-2,5-6,13-14H2,(H,27,28). The summed E-state index contributed by atoms with van der Waals surface area (Å²) >= 11 is 0. The smallest absolute Gasteiger partial charge is 0.376 e. The predicted molar refractivity (Wildman–Crippen MR) is 113 cm³/mol. The molecule has 2 saturated carbocycles. The number of alkyl halides is 3. The number of hydrogen-bond donors (Lipinski definition) is 2. The lowest BCUT2D eigenvalue weighted by Crippen LogP contribution is -2.44. The zero-order chi connectivity index (χ0) is 23.1. The third-order valence-corrected chi connectivity index (χ3v) is 7.91. The number of halogens is 3. The Labute approximate surface area is 184 Å². The molecule has 0 saturated heterocycles. The third kappa shape index (κ3) is 4.83. The van der Waals surface area contributed by atoms with E-state index in [0.29, 0.717) is 24.1 Å². The minimum absolute atomic E-state index is 0.0146. The molecular formula is C23H24F3NO4S. The molecule has 0 spiro atoms. The molecular weight excluding hydrogens is 443 g/mol. The van der Waals surface area contributed by atoms with Gasteiger partial charge in [-0.2, -0.15) is 13.2 Å². The highest BCUT2D eigenvalue weighted by Gasteiger charge is 2.62. The van der Waals surface area contributed by atoms with Crippen LogP contribution in [-0.2, 0) is 26.7 Å². The Morgan fingerprint density at radius 1 is 0.969 bits per heavy atom. The summed E-state index contributed by atoms with van der Waals surface area (Å²) in [6.07, 6.45) is -2.29. The molecule has 0 aliphatic heterocycles. The van der Waals surface area contributed by atoms with Gasteiger partial charge in [0.25, 0.3) is 0 Å². The zero-order valence-electron chi connectivity index (χ0n) is 17.2. The van der Waals surface area contributed by atoms with Gasteiger partial charge in [0.1, 0.15) is 0 Å². The number of nitrogens with one attached hydrogen (secondary N) is 1. The predicted octanol–water partition coefficient (Wildman–Crippen LogP) is 4.21. The van der Waals surface area contributed by atoms with Crippen molar-refractivity contribution in [3.05, 3.63) is 59.7 Å². The minimum atomic E-state index is -4.78. The van der Waals surface area contributed by atoms with E-state index in [1.807, 2.05) is 0 Å². The van der Waals surface area contributed by atoms with E-state index >= 15 is 0 Å². The number of sulfone groups is 1. The summed E-state index contributed by atoms with van der Waals surface area (Å²) in [5, 5.41) is 12.9. The average molecular weight is 468 g/mol. The summed E-state index contributed by atoms with van der Waals surface area (Å²) in [7, 11) is -3.32. The monoisotopic (exact) mass is 467 g/mol. The highest BCUT2D eigenvalue weighted by molar-refractivity contribution is 7.91. The first-order chi connectivity index (χ1) is 15.0. The van der Waals surface area contributed by atoms with E-state index in [1.54, 1.807) is 12.1 Å². The van der Waals surface area contributed by atoms with Crippen LogP contribution >= 0.6 is 0 Å². The maximum Gasteiger partial charge on any atom is 0.421 e. The molecule has 2 aliphatic carbocycles. The van der Waals surface area contributed by atoms with Crippen molar-refractivity contribution in [1.29, 1.82) is 0 Å². The van der Waals surface area contributed by atoms with Gasteiger partial charge >= 0.3 is 6.18 Å². The number of carbonyl (C=O) groups excluding carboxylic acids is 1. The Kier molecular flexibility index (Phi) is 5.83. The second-order valence-electron chi connectivity index (χ2n) is 8.71. The molecule has 2 N–H and O–H groups in total. The summed E-state index contributed by atoms with van der Waals surface area (Å²) in [5.41, 5.74) is -2.20. The highest BCUT2D eigenvalue weighted by atomic mass is 32.2. The molecule has 32 heavy (non-hydrogen) atoms. The molecule has 1 atom stereocenters. The van der Waals surface area contributed by atoms with Crippen LogP contribution in [0.3, 0.4) is 0 Å². The molecule has 5 nitrogen and oxygen atoms in total. The lowest BCUT2D eigenvalue weighted by molar-refractivity contribution is -0.275. The molecule has 0 radical (unpaired) electrons. The van der Waals surface area contributed by atoms with E-state index in [1.165, 1.54) is 36.4 Å². The Balaban J connectivity index is 1.38. The second kappa shape index (κ2) is 8.19. The van der Waals surface area contributed by atoms with Crippen LogP contribution in [0.2, 0.25) is 0 Å².